The maximum atomic E-state index is 11.8. The van der Waals surface area contributed by atoms with Gasteiger partial charge in [-0.25, -0.2) is 0 Å². The average molecular weight is 206 g/mol. The molecule has 0 saturated heterocycles. The van der Waals surface area contributed by atoms with E-state index in [1.54, 1.807) is 0 Å². The zero-order valence-electron chi connectivity index (χ0n) is 9.67. The van der Waals surface area contributed by atoms with Crippen molar-refractivity contribution in [2.24, 2.45) is 0 Å². The van der Waals surface area contributed by atoms with Crippen molar-refractivity contribution in [1.82, 2.24) is 0 Å². The third-order valence-corrected chi connectivity index (χ3v) is 2.37. The Morgan fingerprint density at radius 1 is 1.33 bits per heavy atom. The monoisotopic (exact) mass is 206 g/mol. The first-order valence-electron chi connectivity index (χ1n) is 5.33. The zero-order valence-corrected chi connectivity index (χ0v) is 9.67. The average Bonchev–Trinajstić information content (AvgIpc) is 2.22. The molecule has 0 aliphatic heterocycles. The fourth-order valence-corrected chi connectivity index (χ4v) is 1.48. The Kier molecular flexibility index (Phi) is 4.50. The van der Waals surface area contributed by atoms with Crippen molar-refractivity contribution in [3.63, 3.8) is 0 Å². The van der Waals surface area contributed by atoms with Gasteiger partial charge in [0.05, 0.1) is 6.61 Å². The van der Waals surface area contributed by atoms with Gasteiger partial charge in [-0.15, -0.1) is 0 Å². The molecule has 15 heavy (non-hydrogen) atoms. The van der Waals surface area contributed by atoms with Gasteiger partial charge in [0.2, 0.25) is 0 Å². The molecule has 1 aromatic rings. The Labute approximate surface area is 91.3 Å². The zero-order chi connectivity index (χ0) is 11.3. The molecule has 0 N–H and O–H groups in total. The molecule has 0 unspecified atom stereocenters. The third kappa shape index (κ3) is 3.48. The molecule has 82 valence electrons. The molecule has 0 amide bonds. The molecule has 1 rings (SSSR count). The van der Waals surface area contributed by atoms with Crippen LogP contribution in [0.1, 0.15) is 34.8 Å². The number of carbonyl (C=O) groups excluding carboxylic acids is 1. The van der Waals surface area contributed by atoms with Crippen LogP contribution in [0.5, 0.6) is 0 Å². The highest BCUT2D eigenvalue weighted by Crippen LogP contribution is 2.12. The summed E-state index contributed by atoms with van der Waals surface area (Å²) in [7, 11) is 0. The molecule has 0 aliphatic rings. The van der Waals surface area contributed by atoms with Crippen LogP contribution in [0.4, 0.5) is 0 Å². The minimum absolute atomic E-state index is 0.171. The summed E-state index contributed by atoms with van der Waals surface area (Å²) >= 11 is 0. The van der Waals surface area contributed by atoms with Crippen LogP contribution in [-0.2, 0) is 4.74 Å². The molecule has 2 nitrogen and oxygen atoms in total. The van der Waals surface area contributed by atoms with Crippen LogP contribution in [0.3, 0.4) is 0 Å². The summed E-state index contributed by atoms with van der Waals surface area (Å²) in [6.07, 6.45) is 0.470. The number of Topliss-reactive ketones (excluding diaryl/α,β-unsaturated/α-hetero) is 1. The van der Waals surface area contributed by atoms with Crippen molar-refractivity contribution >= 4 is 5.78 Å². The highest BCUT2D eigenvalue weighted by Gasteiger charge is 2.08. The second-order valence-electron chi connectivity index (χ2n) is 3.69. The maximum Gasteiger partial charge on any atom is 0.165 e. The van der Waals surface area contributed by atoms with Gasteiger partial charge in [-0.3, -0.25) is 4.79 Å². The Morgan fingerprint density at radius 3 is 2.73 bits per heavy atom. The van der Waals surface area contributed by atoms with Crippen LogP contribution < -0.4 is 0 Å². The Hall–Kier alpha value is -1.15. The molecule has 0 atom stereocenters. The van der Waals surface area contributed by atoms with Gasteiger partial charge in [0.1, 0.15) is 0 Å². The summed E-state index contributed by atoms with van der Waals surface area (Å²) in [5.74, 6) is 0.171. The number of hydrogen-bond acceptors (Lipinski definition) is 2. The molecule has 0 bridgehead atoms. The fraction of sp³-hybridized carbons (Fsp3) is 0.462. The van der Waals surface area contributed by atoms with E-state index < -0.39 is 0 Å². The molecule has 0 saturated carbocycles. The number of carbonyl (C=O) groups is 1. The molecule has 0 aromatic heterocycles. The van der Waals surface area contributed by atoms with E-state index in [1.165, 1.54) is 0 Å². The SMILES string of the molecule is CCOCCC(=O)c1cc(C)ccc1C. The maximum absolute atomic E-state index is 11.8. The molecule has 2 heteroatoms. The lowest BCUT2D eigenvalue weighted by molar-refractivity contribution is 0.0895. The van der Waals surface area contributed by atoms with Crippen molar-refractivity contribution in [3.05, 3.63) is 34.9 Å². The first-order chi connectivity index (χ1) is 7.15. The van der Waals surface area contributed by atoms with Crippen LogP contribution in [0.15, 0.2) is 18.2 Å². The Bertz CT molecular complexity index is 342. The highest BCUT2D eigenvalue weighted by molar-refractivity contribution is 5.97. The van der Waals surface area contributed by atoms with Gasteiger partial charge >= 0.3 is 0 Å². The minimum Gasteiger partial charge on any atom is -0.381 e. The summed E-state index contributed by atoms with van der Waals surface area (Å²) < 4.78 is 5.17. The van der Waals surface area contributed by atoms with E-state index in [0.29, 0.717) is 19.6 Å². The minimum atomic E-state index is 0.171. The van der Waals surface area contributed by atoms with Gasteiger partial charge in [0.25, 0.3) is 0 Å². The van der Waals surface area contributed by atoms with E-state index in [2.05, 4.69) is 0 Å². The van der Waals surface area contributed by atoms with Crippen LogP contribution in [0.25, 0.3) is 0 Å². The van der Waals surface area contributed by atoms with Gasteiger partial charge in [0.15, 0.2) is 5.78 Å². The molecule has 0 fully saturated rings. The van der Waals surface area contributed by atoms with Crippen molar-refractivity contribution in [1.29, 1.82) is 0 Å². The van der Waals surface area contributed by atoms with E-state index in [1.807, 2.05) is 39.0 Å². The highest BCUT2D eigenvalue weighted by atomic mass is 16.5. The molecular formula is C13H18O2. The molecule has 1 aromatic carbocycles. The number of ether oxygens (including phenoxy) is 1. The molecule has 0 aliphatic carbocycles. The van der Waals surface area contributed by atoms with E-state index in [-0.39, 0.29) is 5.78 Å². The van der Waals surface area contributed by atoms with Crippen molar-refractivity contribution in [2.45, 2.75) is 27.2 Å². The van der Waals surface area contributed by atoms with Crippen LogP contribution >= 0.6 is 0 Å². The Balaban J connectivity index is 2.68. The first-order valence-corrected chi connectivity index (χ1v) is 5.33. The summed E-state index contributed by atoms with van der Waals surface area (Å²) in [6.45, 7) is 7.08. The summed E-state index contributed by atoms with van der Waals surface area (Å²) in [5.41, 5.74) is 3.00. The fourth-order valence-electron chi connectivity index (χ4n) is 1.48. The molecular weight excluding hydrogens is 188 g/mol. The normalized spacial score (nSPS) is 10.3. The van der Waals surface area contributed by atoms with Gasteiger partial charge in [-0.1, -0.05) is 17.7 Å². The summed E-state index contributed by atoms with van der Waals surface area (Å²) in [6, 6.07) is 5.96. The quantitative estimate of drug-likeness (QED) is 0.547. The van der Waals surface area contributed by atoms with E-state index in [4.69, 9.17) is 4.74 Å². The topological polar surface area (TPSA) is 26.3 Å². The molecule has 0 spiro atoms. The first kappa shape index (κ1) is 11.9. The Morgan fingerprint density at radius 2 is 2.07 bits per heavy atom. The third-order valence-electron chi connectivity index (χ3n) is 2.37. The molecule has 0 heterocycles. The molecule has 0 radical (unpaired) electrons. The lowest BCUT2D eigenvalue weighted by Crippen LogP contribution is -2.06. The smallest absolute Gasteiger partial charge is 0.165 e. The van der Waals surface area contributed by atoms with Crippen molar-refractivity contribution < 1.29 is 9.53 Å². The standard InChI is InChI=1S/C13H18O2/c1-4-15-8-7-13(14)12-9-10(2)5-6-11(12)3/h5-6,9H,4,7-8H2,1-3H3. The van der Waals surface area contributed by atoms with E-state index >= 15 is 0 Å². The predicted octanol–water partition coefficient (Wildman–Crippen LogP) is 2.91. The lowest BCUT2D eigenvalue weighted by atomic mass is 10.0. The van der Waals surface area contributed by atoms with E-state index in [0.717, 1.165) is 16.7 Å². The van der Waals surface area contributed by atoms with Crippen molar-refractivity contribution in [2.75, 3.05) is 13.2 Å². The number of ketones is 1. The van der Waals surface area contributed by atoms with Gasteiger partial charge in [-0.2, -0.15) is 0 Å². The van der Waals surface area contributed by atoms with E-state index in [9.17, 15) is 4.79 Å². The second-order valence-corrected chi connectivity index (χ2v) is 3.69. The second kappa shape index (κ2) is 5.66. The van der Waals surface area contributed by atoms with Crippen LogP contribution in [-0.4, -0.2) is 19.0 Å². The number of hydrogen-bond donors (Lipinski definition) is 0. The lowest BCUT2D eigenvalue weighted by Gasteiger charge is -2.06. The van der Waals surface area contributed by atoms with Crippen LogP contribution in [0.2, 0.25) is 0 Å². The van der Waals surface area contributed by atoms with Crippen LogP contribution in [0, 0.1) is 13.8 Å². The van der Waals surface area contributed by atoms with Crippen molar-refractivity contribution in [3.8, 4) is 0 Å². The number of aryl methyl sites for hydroxylation is 2. The largest absolute Gasteiger partial charge is 0.381 e. The van der Waals surface area contributed by atoms with Gasteiger partial charge < -0.3 is 4.74 Å². The van der Waals surface area contributed by atoms with Gasteiger partial charge in [-0.05, 0) is 32.4 Å². The summed E-state index contributed by atoms with van der Waals surface area (Å²) in [4.78, 5) is 11.8. The predicted molar refractivity (Wildman–Crippen MR) is 61.4 cm³/mol. The number of rotatable bonds is 5. The number of benzene rings is 1. The van der Waals surface area contributed by atoms with Gasteiger partial charge in [0, 0.05) is 18.6 Å². The summed E-state index contributed by atoms with van der Waals surface area (Å²) in [5, 5.41) is 0.